The van der Waals surface area contributed by atoms with Crippen molar-refractivity contribution in [1.82, 2.24) is 0 Å². The third-order valence-electron chi connectivity index (χ3n) is 2.14. The molecule has 0 aromatic rings. The van der Waals surface area contributed by atoms with Gasteiger partial charge < -0.3 is 9.84 Å². The Labute approximate surface area is 68.3 Å². The van der Waals surface area contributed by atoms with Gasteiger partial charge >= 0.3 is 6.18 Å². The second-order valence-corrected chi connectivity index (χ2v) is 3.07. The fourth-order valence-corrected chi connectivity index (χ4v) is 1.22. The molecule has 2 unspecified atom stereocenters. The lowest BCUT2D eigenvalue weighted by atomic mass is 10.0. The zero-order chi connectivity index (χ0) is 9.41. The van der Waals surface area contributed by atoms with Gasteiger partial charge in [0.05, 0.1) is 6.61 Å². The first-order chi connectivity index (χ1) is 5.39. The molecule has 0 saturated carbocycles. The highest BCUT2D eigenvalue weighted by Crippen LogP contribution is 2.41. The van der Waals surface area contributed by atoms with Crippen LogP contribution in [0.1, 0.15) is 19.8 Å². The first-order valence-corrected chi connectivity index (χ1v) is 3.82. The SMILES string of the molecule is CCC1COC(O)(C(F)(F)F)C1. The topological polar surface area (TPSA) is 29.5 Å². The molecule has 1 aliphatic heterocycles. The van der Waals surface area contributed by atoms with Crippen LogP contribution in [-0.2, 0) is 4.74 Å². The molecule has 2 atom stereocenters. The minimum absolute atomic E-state index is 0.00743. The van der Waals surface area contributed by atoms with E-state index in [1.165, 1.54) is 0 Å². The monoisotopic (exact) mass is 184 g/mol. The Morgan fingerprint density at radius 3 is 2.42 bits per heavy atom. The summed E-state index contributed by atoms with van der Waals surface area (Å²) in [5.74, 6) is -3.08. The van der Waals surface area contributed by atoms with Crippen LogP contribution in [-0.4, -0.2) is 23.7 Å². The molecule has 72 valence electrons. The highest BCUT2D eigenvalue weighted by molar-refractivity contribution is 4.85. The highest BCUT2D eigenvalue weighted by Gasteiger charge is 2.58. The number of hydrogen-bond donors (Lipinski definition) is 1. The number of aliphatic hydroxyl groups is 1. The molecule has 0 aliphatic carbocycles. The van der Waals surface area contributed by atoms with E-state index in [0.29, 0.717) is 6.42 Å². The maximum atomic E-state index is 12.1. The molecule has 0 spiro atoms. The number of hydrogen-bond acceptors (Lipinski definition) is 2. The lowest BCUT2D eigenvalue weighted by Gasteiger charge is -2.24. The molecule has 0 radical (unpaired) electrons. The van der Waals surface area contributed by atoms with Gasteiger partial charge in [-0.1, -0.05) is 13.3 Å². The molecule has 1 fully saturated rings. The summed E-state index contributed by atoms with van der Waals surface area (Å²) in [5, 5.41) is 8.98. The van der Waals surface area contributed by atoms with E-state index in [2.05, 4.69) is 4.74 Å². The van der Waals surface area contributed by atoms with E-state index in [1.54, 1.807) is 6.92 Å². The summed E-state index contributed by atoms with van der Waals surface area (Å²) in [6.07, 6.45) is -4.41. The standard InChI is InChI=1S/C7H11F3O2/c1-2-5-3-6(11,12-4-5)7(8,9)10/h5,11H,2-4H2,1H3. The quantitative estimate of drug-likeness (QED) is 0.671. The molecule has 1 aliphatic rings. The highest BCUT2D eigenvalue weighted by atomic mass is 19.4. The lowest BCUT2D eigenvalue weighted by Crippen LogP contribution is -2.44. The third kappa shape index (κ3) is 1.56. The van der Waals surface area contributed by atoms with Gasteiger partial charge in [-0.3, -0.25) is 0 Å². The van der Waals surface area contributed by atoms with Crippen LogP contribution >= 0.6 is 0 Å². The van der Waals surface area contributed by atoms with Crippen molar-refractivity contribution in [1.29, 1.82) is 0 Å². The fourth-order valence-electron chi connectivity index (χ4n) is 1.22. The zero-order valence-corrected chi connectivity index (χ0v) is 6.69. The van der Waals surface area contributed by atoms with E-state index >= 15 is 0 Å². The minimum Gasteiger partial charge on any atom is -0.359 e. The Hall–Kier alpha value is -0.290. The van der Waals surface area contributed by atoms with Gasteiger partial charge in [-0.2, -0.15) is 13.2 Å². The summed E-state index contributed by atoms with van der Waals surface area (Å²) in [5.41, 5.74) is 0. The van der Waals surface area contributed by atoms with Gasteiger partial charge in [0.2, 0.25) is 0 Å². The molecule has 1 heterocycles. The molecule has 2 nitrogen and oxygen atoms in total. The lowest BCUT2D eigenvalue weighted by molar-refractivity contribution is -0.349. The van der Waals surface area contributed by atoms with Crippen molar-refractivity contribution in [2.75, 3.05) is 6.61 Å². The summed E-state index contributed by atoms with van der Waals surface area (Å²) in [4.78, 5) is 0. The Bertz CT molecular complexity index is 169. The maximum Gasteiger partial charge on any atom is 0.443 e. The van der Waals surface area contributed by atoms with Crippen molar-refractivity contribution in [3.05, 3.63) is 0 Å². The molecule has 1 N–H and O–H groups in total. The van der Waals surface area contributed by atoms with Crippen molar-refractivity contribution < 1.29 is 23.0 Å². The molecular formula is C7H11F3O2. The zero-order valence-electron chi connectivity index (χ0n) is 6.69. The normalized spacial score (nSPS) is 37.2. The fraction of sp³-hybridized carbons (Fsp3) is 1.00. The Morgan fingerprint density at radius 1 is 1.58 bits per heavy atom. The second kappa shape index (κ2) is 2.88. The van der Waals surface area contributed by atoms with Gasteiger partial charge in [0.15, 0.2) is 0 Å². The van der Waals surface area contributed by atoms with E-state index in [9.17, 15) is 13.2 Å². The first kappa shape index (κ1) is 9.80. The third-order valence-corrected chi connectivity index (χ3v) is 2.14. The second-order valence-electron chi connectivity index (χ2n) is 3.07. The average molecular weight is 184 g/mol. The van der Waals surface area contributed by atoms with Gasteiger partial charge in [-0.15, -0.1) is 0 Å². The summed E-state index contributed by atoms with van der Waals surface area (Å²) in [6, 6.07) is 0. The summed E-state index contributed by atoms with van der Waals surface area (Å²) in [7, 11) is 0. The molecule has 1 rings (SSSR count). The molecule has 0 aromatic heterocycles. The van der Waals surface area contributed by atoms with Crippen LogP contribution in [0.4, 0.5) is 13.2 Å². The molecule has 5 heteroatoms. The maximum absolute atomic E-state index is 12.1. The van der Waals surface area contributed by atoms with Crippen LogP contribution in [0.5, 0.6) is 0 Å². The van der Waals surface area contributed by atoms with Gasteiger partial charge in [-0.25, -0.2) is 0 Å². The number of rotatable bonds is 1. The largest absolute Gasteiger partial charge is 0.443 e. The predicted molar refractivity (Wildman–Crippen MR) is 35.4 cm³/mol. The number of ether oxygens (including phenoxy) is 1. The Kier molecular flexibility index (Phi) is 2.35. The molecular weight excluding hydrogens is 173 g/mol. The molecule has 1 saturated heterocycles. The van der Waals surface area contributed by atoms with Gasteiger partial charge in [0.25, 0.3) is 5.79 Å². The van der Waals surface area contributed by atoms with Crippen LogP contribution in [0, 0.1) is 5.92 Å². The van der Waals surface area contributed by atoms with E-state index in [-0.39, 0.29) is 18.9 Å². The van der Waals surface area contributed by atoms with Crippen LogP contribution in [0.3, 0.4) is 0 Å². The van der Waals surface area contributed by atoms with E-state index in [0.717, 1.165) is 0 Å². The van der Waals surface area contributed by atoms with E-state index in [4.69, 9.17) is 5.11 Å². The van der Waals surface area contributed by atoms with E-state index in [1.807, 2.05) is 0 Å². The number of halogens is 3. The van der Waals surface area contributed by atoms with Crippen LogP contribution in [0.25, 0.3) is 0 Å². The van der Waals surface area contributed by atoms with Crippen molar-refractivity contribution in [2.45, 2.75) is 31.7 Å². The van der Waals surface area contributed by atoms with Crippen molar-refractivity contribution >= 4 is 0 Å². The van der Waals surface area contributed by atoms with Crippen molar-refractivity contribution in [3.63, 3.8) is 0 Å². The molecule has 0 bridgehead atoms. The van der Waals surface area contributed by atoms with Crippen LogP contribution in [0.2, 0.25) is 0 Å². The van der Waals surface area contributed by atoms with Crippen LogP contribution < -0.4 is 0 Å². The predicted octanol–water partition coefficient (Wildman–Crippen LogP) is 1.68. The smallest absolute Gasteiger partial charge is 0.359 e. The van der Waals surface area contributed by atoms with Crippen LogP contribution in [0.15, 0.2) is 0 Å². The van der Waals surface area contributed by atoms with E-state index < -0.39 is 12.0 Å². The van der Waals surface area contributed by atoms with Crippen molar-refractivity contribution in [2.24, 2.45) is 5.92 Å². The minimum atomic E-state index is -4.67. The van der Waals surface area contributed by atoms with Gasteiger partial charge in [-0.05, 0) is 5.92 Å². The summed E-state index contributed by atoms with van der Waals surface area (Å²) >= 11 is 0. The molecule has 0 aromatic carbocycles. The number of alkyl halides is 3. The average Bonchev–Trinajstić information content (AvgIpc) is 2.31. The van der Waals surface area contributed by atoms with Gasteiger partial charge in [0.1, 0.15) is 0 Å². The Morgan fingerprint density at radius 2 is 2.17 bits per heavy atom. The summed E-state index contributed by atoms with van der Waals surface area (Å²) in [6.45, 7) is 1.77. The molecule has 12 heavy (non-hydrogen) atoms. The van der Waals surface area contributed by atoms with Gasteiger partial charge in [0, 0.05) is 6.42 Å². The summed E-state index contributed by atoms with van der Waals surface area (Å²) < 4.78 is 40.6. The first-order valence-electron chi connectivity index (χ1n) is 3.82. The van der Waals surface area contributed by atoms with Crippen molar-refractivity contribution in [3.8, 4) is 0 Å². The molecule has 0 amide bonds. The Balaban J connectivity index is 2.64.